The highest BCUT2D eigenvalue weighted by molar-refractivity contribution is 7.16. The molecule has 0 atom stereocenters. The predicted octanol–water partition coefficient (Wildman–Crippen LogP) is 5.95. The second kappa shape index (κ2) is 7.82. The van der Waals surface area contributed by atoms with Crippen molar-refractivity contribution in [2.75, 3.05) is 0 Å². The Hall–Kier alpha value is -1.94. The van der Waals surface area contributed by atoms with Gasteiger partial charge in [0.15, 0.2) is 4.80 Å². The van der Waals surface area contributed by atoms with E-state index in [2.05, 4.69) is 34.9 Å². The normalized spacial score (nSPS) is 20.2. The van der Waals surface area contributed by atoms with E-state index in [0.29, 0.717) is 12.1 Å². The summed E-state index contributed by atoms with van der Waals surface area (Å²) in [5.74, 6) is 0. The number of rotatable bonds is 2. The number of fused-ring (bicyclic) bond motifs is 2. The van der Waals surface area contributed by atoms with Gasteiger partial charge in [0.25, 0.3) is 5.56 Å². The van der Waals surface area contributed by atoms with Crippen molar-refractivity contribution < 1.29 is 0 Å². The Kier molecular flexibility index (Phi) is 5.06. The number of nitrogens with zero attached hydrogens (tertiary/aromatic N) is 2. The summed E-state index contributed by atoms with van der Waals surface area (Å²) < 4.78 is 3.15. The van der Waals surface area contributed by atoms with Crippen LogP contribution in [0.4, 0.5) is 0 Å². The van der Waals surface area contributed by atoms with Gasteiger partial charge in [-0.3, -0.25) is 14.4 Å². The fourth-order valence-corrected chi connectivity index (χ4v) is 6.12. The largest absolute Gasteiger partial charge is 0.281 e. The molecule has 0 aliphatic heterocycles. The summed E-state index contributed by atoms with van der Waals surface area (Å²) in [4.78, 5) is 19.8. The third kappa shape index (κ3) is 3.43. The van der Waals surface area contributed by atoms with Crippen LogP contribution in [0.3, 0.4) is 0 Å². The summed E-state index contributed by atoms with van der Waals surface area (Å²) in [5.41, 5.74) is 0.168. The molecule has 2 aliphatic rings. The average molecular weight is 393 g/mol. The van der Waals surface area contributed by atoms with Gasteiger partial charge < -0.3 is 0 Å². The molecule has 4 heteroatoms. The smallest absolute Gasteiger partial charge is 0.261 e. The number of benzene rings is 2. The molecule has 0 spiro atoms. The molecule has 0 unspecified atom stereocenters. The van der Waals surface area contributed by atoms with Crippen LogP contribution in [0.2, 0.25) is 0 Å². The second-order valence-electron chi connectivity index (χ2n) is 8.47. The Balaban J connectivity index is 1.75. The van der Waals surface area contributed by atoms with Crippen LogP contribution < -0.4 is 10.4 Å². The predicted molar refractivity (Wildman–Crippen MR) is 118 cm³/mol. The molecule has 5 rings (SSSR count). The van der Waals surface area contributed by atoms with E-state index >= 15 is 0 Å². The van der Waals surface area contributed by atoms with E-state index in [9.17, 15) is 4.79 Å². The highest BCUT2D eigenvalue weighted by Crippen LogP contribution is 2.28. The van der Waals surface area contributed by atoms with Gasteiger partial charge in [0.05, 0.1) is 11.4 Å². The van der Waals surface area contributed by atoms with Gasteiger partial charge in [0.1, 0.15) is 0 Å². The molecule has 0 N–H and O–H groups in total. The Morgan fingerprint density at radius 2 is 1.50 bits per heavy atom. The van der Waals surface area contributed by atoms with Crippen molar-refractivity contribution in [1.29, 1.82) is 0 Å². The SMILES string of the molecule is O=c1c2cc3ccccc3cc2sc(=NC2CCCCC2)n1C1CCCCC1. The van der Waals surface area contributed by atoms with E-state index in [1.54, 1.807) is 11.3 Å². The van der Waals surface area contributed by atoms with Gasteiger partial charge in [0.2, 0.25) is 0 Å². The molecule has 2 saturated carbocycles. The number of aromatic nitrogens is 1. The van der Waals surface area contributed by atoms with E-state index < -0.39 is 0 Å². The molecule has 2 aromatic carbocycles. The topological polar surface area (TPSA) is 34.4 Å². The monoisotopic (exact) mass is 392 g/mol. The standard InChI is InChI=1S/C24H28N2OS/c27-23-21-15-17-9-7-8-10-18(17)16-22(21)28-24(25-19-11-3-1-4-12-19)26(23)20-13-5-2-6-14-20/h7-10,15-16,19-20H,1-6,11-14H2. The lowest BCUT2D eigenvalue weighted by atomic mass is 9.95. The average Bonchev–Trinajstić information content (AvgIpc) is 2.74. The third-order valence-electron chi connectivity index (χ3n) is 6.51. The van der Waals surface area contributed by atoms with Crippen molar-refractivity contribution in [3.63, 3.8) is 0 Å². The highest BCUT2D eigenvalue weighted by atomic mass is 32.1. The van der Waals surface area contributed by atoms with Gasteiger partial charge in [-0.25, -0.2) is 0 Å². The van der Waals surface area contributed by atoms with Crippen molar-refractivity contribution in [3.05, 3.63) is 51.6 Å². The highest BCUT2D eigenvalue weighted by Gasteiger charge is 2.21. The summed E-state index contributed by atoms with van der Waals surface area (Å²) in [6.07, 6.45) is 12.2. The maximum Gasteiger partial charge on any atom is 0.261 e. The summed E-state index contributed by atoms with van der Waals surface area (Å²) in [5, 5.41) is 3.20. The molecule has 2 aliphatic carbocycles. The third-order valence-corrected chi connectivity index (χ3v) is 7.55. The maximum atomic E-state index is 13.6. The van der Waals surface area contributed by atoms with Crippen LogP contribution in [0.15, 0.2) is 46.2 Å². The fourth-order valence-electron chi connectivity index (χ4n) is 4.95. The minimum absolute atomic E-state index is 0.168. The summed E-state index contributed by atoms with van der Waals surface area (Å²) in [6, 6.07) is 13.3. The van der Waals surface area contributed by atoms with E-state index in [1.165, 1.54) is 56.8 Å². The zero-order valence-electron chi connectivity index (χ0n) is 16.4. The molecule has 0 saturated heterocycles. The van der Waals surface area contributed by atoms with Gasteiger partial charge in [-0.1, -0.05) is 74.1 Å². The van der Waals surface area contributed by atoms with Crippen molar-refractivity contribution in [1.82, 2.24) is 4.57 Å². The van der Waals surface area contributed by atoms with E-state index in [1.807, 2.05) is 6.07 Å². The molecular formula is C24H28N2OS. The van der Waals surface area contributed by atoms with Gasteiger partial charge >= 0.3 is 0 Å². The Morgan fingerprint density at radius 1 is 0.857 bits per heavy atom. The van der Waals surface area contributed by atoms with E-state index in [0.717, 1.165) is 33.1 Å². The van der Waals surface area contributed by atoms with Gasteiger partial charge in [-0.2, -0.15) is 0 Å². The number of hydrogen-bond acceptors (Lipinski definition) is 3. The lowest BCUT2D eigenvalue weighted by molar-refractivity contribution is 0.338. The molecule has 1 heterocycles. The Labute approximate surface area is 169 Å². The molecule has 0 bridgehead atoms. The number of hydrogen-bond donors (Lipinski definition) is 0. The van der Waals surface area contributed by atoms with Crippen LogP contribution in [0, 0.1) is 0 Å². The van der Waals surface area contributed by atoms with Gasteiger partial charge in [-0.15, -0.1) is 0 Å². The van der Waals surface area contributed by atoms with Crippen LogP contribution in [-0.4, -0.2) is 10.6 Å². The molecule has 0 radical (unpaired) electrons. The first-order valence-electron chi connectivity index (χ1n) is 10.9. The zero-order chi connectivity index (χ0) is 18.9. The lowest BCUT2D eigenvalue weighted by Gasteiger charge is -2.25. The maximum absolute atomic E-state index is 13.6. The van der Waals surface area contributed by atoms with Crippen LogP contribution >= 0.6 is 11.3 Å². The van der Waals surface area contributed by atoms with Crippen LogP contribution in [0.25, 0.3) is 20.9 Å². The van der Waals surface area contributed by atoms with Crippen molar-refractivity contribution in [3.8, 4) is 0 Å². The fraction of sp³-hybridized carbons (Fsp3) is 0.500. The molecule has 2 fully saturated rings. The van der Waals surface area contributed by atoms with Crippen molar-refractivity contribution >= 4 is 32.2 Å². The minimum Gasteiger partial charge on any atom is -0.281 e. The molecule has 1 aromatic heterocycles. The van der Waals surface area contributed by atoms with E-state index in [4.69, 9.17) is 4.99 Å². The first kappa shape index (κ1) is 18.1. The molecule has 3 nitrogen and oxygen atoms in total. The second-order valence-corrected chi connectivity index (χ2v) is 9.48. The van der Waals surface area contributed by atoms with Gasteiger partial charge in [0, 0.05) is 10.7 Å². The van der Waals surface area contributed by atoms with Crippen molar-refractivity contribution in [2.24, 2.45) is 4.99 Å². The molecule has 3 aromatic rings. The Morgan fingerprint density at radius 3 is 2.21 bits per heavy atom. The van der Waals surface area contributed by atoms with Crippen molar-refractivity contribution in [2.45, 2.75) is 76.3 Å². The lowest BCUT2D eigenvalue weighted by Crippen LogP contribution is -2.37. The molecule has 28 heavy (non-hydrogen) atoms. The molecule has 146 valence electrons. The van der Waals surface area contributed by atoms with Gasteiger partial charge in [-0.05, 0) is 48.6 Å². The molecular weight excluding hydrogens is 364 g/mol. The van der Waals surface area contributed by atoms with Crippen LogP contribution in [-0.2, 0) is 0 Å². The summed E-state index contributed by atoms with van der Waals surface area (Å²) in [6.45, 7) is 0. The zero-order valence-corrected chi connectivity index (χ0v) is 17.2. The first-order chi connectivity index (χ1) is 13.8. The van der Waals surface area contributed by atoms with Crippen LogP contribution in [0.1, 0.15) is 70.3 Å². The van der Waals surface area contributed by atoms with Crippen LogP contribution in [0.5, 0.6) is 0 Å². The van der Waals surface area contributed by atoms with E-state index in [-0.39, 0.29) is 5.56 Å². The summed E-state index contributed by atoms with van der Waals surface area (Å²) >= 11 is 1.73. The summed E-state index contributed by atoms with van der Waals surface area (Å²) in [7, 11) is 0. The first-order valence-corrected chi connectivity index (χ1v) is 11.7. The Bertz CT molecular complexity index is 1110. The minimum atomic E-state index is 0.168. The quantitative estimate of drug-likeness (QED) is 0.496. The molecule has 0 amide bonds.